The van der Waals surface area contributed by atoms with Gasteiger partial charge < -0.3 is 38.7 Å². The molecule has 5 amide bonds. The third-order valence-corrected chi connectivity index (χ3v) is 18.0. The number of hydrogen-bond acceptors (Lipinski definition) is 17. The molecule has 4 aliphatic heterocycles. The predicted octanol–water partition coefficient (Wildman–Crippen LogP) is 5.01. The molecular weight excluding hydrogens is 996 g/mol. The highest BCUT2D eigenvalue weighted by Gasteiger charge is 2.64. The molecule has 0 spiro atoms. The number of aliphatic hydroxyl groups is 1. The average Bonchev–Trinajstić information content (AvgIpc) is 3.88. The number of ether oxygens (including phenoxy) is 4. The fourth-order valence-corrected chi connectivity index (χ4v) is 12.2. The van der Waals surface area contributed by atoms with Crippen LogP contribution in [0.25, 0.3) is 0 Å². The van der Waals surface area contributed by atoms with Crippen LogP contribution < -0.4 is 10.2 Å². The molecule has 3 N–H and O–H groups in total. The van der Waals surface area contributed by atoms with Gasteiger partial charge in [-0.25, -0.2) is 14.4 Å². The number of nitrogens with one attached hydrogen (secondary N) is 1. The SMILES string of the molecule is COC1/C=C/C=C(\C)Cc2cc(C)c(Cl)c(c2)N(C)C(=O)CC(OC(=O)[C@H](C)N(C)C(=O)CCC(C)(C)SSCCC(C(=O)ON2C(=O)CCC2=O)S(=O)(=O)O)[C@@]2(C)O[C@@H]2C(C)C2CC1(O)NC(=O)O2. The largest absolute Gasteiger partial charge is 0.457 e. The molecule has 0 aromatic heterocycles. The monoisotopic (exact) mass is 1060 g/mol. The van der Waals surface area contributed by atoms with E-state index in [0.29, 0.717) is 17.1 Å². The molecule has 24 heteroatoms. The van der Waals surface area contributed by atoms with Crippen molar-refractivity contribution in [2.75, 3.05) is 31.9 Å². The van der Waals surface area contributed by atoms with Crippen LogP contribution in [0.2, 0.25) is 5.02 Å². The molecule has 1 aromatic carbocycles. The lowest BCUT2D eigenvalue weighted by Crippen LogP contribution is -2.63. The van der Waals surface area contributed by atoms with Crippen LogP contribution in [-0.4, -0.2) is 148 Å². The summed E-state index contributed by atoms with van der Waals surface area (Å²) in [6.07, 6.45) is -0.0652. The number of aryl methyl sites for hydroxylation is 1. The van der Waals surface area contributed by atoms with Gasteiger partial charge in [0.2, 0.25) is 11.8 Å². The maximum absolute atomic E-state index is 14.3. The van der Waals surface area contributed by atoms with E-state index in [4.69, 9.17) is 35.4 Å². The number of epoxide rings is 1. The van der Waals surface area contributed by atoms with Crippen molar-refractivity contribution >= 4 is 90.7 Å². The molecule has 6 unspecified atom stereocenters. The van der Waals surface area contributed by atoms with Crippen LogP contribution in [0.1, 0.15) is 97.6 Å². The zero-order chi connectivity index (χ0) is 52.3. The number of fused-ring (bicyclic) bond motifs is 5. The first kappa shape index (κ1) is 56.7. The number of allylic oxidation sites excluding steroid dienone is 3. The van der Waals surface area contributed by atoms with Gasteiger partial charge in [0.15, 0.2) is 11.0 Å². The van der Waals surface area contributed by atoms with E-state index in [0.717, 1.165) is 27.5 Å². The van der Waals surface area contributed by atoms with Crippen LogP contribution >= 0.6 is 33.2 Å². The van der Waals surface area contributed by atoms with E-state index in [1.54, 1.807) is 33.0 Å². The summed E-state index contributed by atoms with van der Waals surface area (Å²) in [5.74, 6) is -5.38. The molecule has 0 saturated carbocycles. The number of esters is 1. The van der Waals surface area contributed by atoms with Crippen molar-refractivity contribution in [3.8, 4) is 0 Å². The number of imide groups is 1. The zero-order valence-electron chi connectivity index (χ0n) is 40.8. The minimum Gasteiger partial charge on any atom is -0.457 e. The summed E-state index contributed by atoms with van der Waals surface area (Å²) in [6, 6.07) is 2.58. The second-order valence-electron chi connectivity index (χ2n) is 19.0. The number of nitrogens with zero attached hydrogens (tertiary/aromatic N) is 3. The maximum Gasteiger partial charge on any atom is 0.409 e. The van der Waals surface area contributed by atoms with Crippen LogP contribution in [-0.2, 0) is 69.1 Å². The second kappa shape index (κ2) is 22.7. The highest BCUT2D eigenvalue weighted by atomic mass is 35.5. The minimum atomic E-state index is -4.96. The van der Waals surface area contributed by atoms with Gasteiger partial charge >= 0.3 is 18.0 Å². The number of amides is 5. The van der Waals surface area contributed by atoms with E-state index >= 15 is 0 Å². The quantitative estimate of drug-likeness (QED) is 0.0521. The van der Waals surface area contributed by atoms with Crippen molar-refractivity contribution in [1.29, 1.82) is 0 Å². The highest BCUT2D eigenvalue weighted by Crippen LogP contribution is 2.49. The Balaban J connectivity index is 1.28. The first-order valence-corrected chi connectivity index (χ1v) is 26.8. The van der Waals surface area contributed by atoms with E-state index in [2.05, 4.69) is 5.32 Å². The molecule has 3 fully saturated rings. The zero-order valence-corrected chi connectivity index (χ0v) is 44.1. The standard InChI is InChI=1S/C46H63ClN4O16S3/c1-25-12-11-13-33(63-10)46(59)24-31(64-43(58)48-46)27(3)40-45(7,66-40)34(23-38(55)50(9)30-22-29(20-25)21-26(2)39(30)47)65-41(56)28(4)49(8)35(52)16-18-44(5,6)69-68-19-17-32(70(60,61)62)42(57)67-51-36(53)14-15-37(51)54/h11-13,21-22,27-28,31-34,40,59H,14-20,23-24H2,1-10H3,(H,48,58)(H,60,61,62)/b13-11+,25-12+/t27?,28-,31?,32?,33?,34?,40+,45+,46?/m0/s1. The highest BCUT2D eigenvalue weighted by molar-refractivity contribution is 8.77. The number of alkyl carbamates (subject to hydrolysis) is 1. The Kier molecular flexibility index (Phi) is 18.4. The smallest absolute Gasteiger partial charge is 0.409 e. The Morgan fingerprint density at radius 2 is 1.76 bits per heavy atom. The van der Waals surface area contributed by atoms with E-state index in [1.165, 1.54) is 41.7 Å². The molecular formula is C46H63ClN4O16S3. The van der Waals surface area contributed by atoms with Crippen molar-refractivity contribution < 1.29 is 75.4 Å². The summed E-state index contributed by atoms with van der Waals surface area (Å²) in [7, 11) is 1.90. The van der Waals surface area contributed by atoms with Crippen LogP contribution in [0.4, 0.5) is 10.5 Å². The number of hydrogen-bond donors (Lipinski definition) is 3. The lowest BCUT2D eigenvalue weighted by Gasteiger charge is -2.42. The van der Waals surface area contributed by atoms with Gasteiger partial charge in [-0.1, -0.05) is 70.0 Å². The summed E-state index contributed by atoms with van der Waals surface area (Å²) in [5.41, 5.74) is -0.234. The molecule has 9 atom stereocenters. The third kappa shape index (κ3) is 13.6. The van der Waals surface area contributed by atoms with E-state index in [1.807, 2.05) is 45.9 Å². The normalized spacial score (nSPS) is 28.6. The number of benzene rings is 1. The Morgan fingerprint density at radius 1 is 1.10 bits per heavy atom. The molecule has 1 aromatic rings. The topological polar surface area (TPSA) is 265 Å². The van der Waals surface area contributed by atoms with E-state index in [9.17, 15) is 51.6 Å². The Hall–Kier alpha value is -4.23. The Labute approximate surface area is 420 Å². The fourth-order valence-electron chi connectivity index (χ4n) is 8.43. The number of likely N-dealkylation sites (N-methyl/N-ethyl adjacent to an activating group) is 1. The molecule has 388 valence electrons. The van der Waals surface area contributed by atoms with Crippen molar-refractivity contribution in [1.82, 2.24) is 15.3 Å². The van der Waals surface area contributed by atoms with Gasteiger partial charge in [0.05, 0.1) is 23.2 Å². The summed E-state index contributed by atoms with van der Waals surface area (Å²) < 4.78 is 56.9. The van der Waals surface area contributed by atoms with Gasteiger partial charge in [-0.15, -0.1) is 5.06 Å². The first-order chi connectivity index (χ1) is 32.5. The molecule has 0 radical (unpaired) electrons. The van der Waals surface area contributed by atoms with Gasteiger partial charge in [-0.3, -0.25) is 29.0 Å². The fraction of sp³-hybridized carbons (Fsp3) is 0.630. The number of carbonyl (C=O) groups excluding carboxylic acids is 7. The van der Waals surface area contributed by atoms with Crippen LogP contribution in [0, 0.1) is 12.8 Å². The lowest BCUT2D eigenvalue weighted by atomic mass is 9.83. The van der Waals surface area contributed by atoms with Crippen LogP contribution in [0.15, 0.2) is 35.9 Å². The van der Waals surface area contributed by atoms with Crippen LogP contribution in [0.5, 0.6) is 0 Å². The average molecular weight is 1060 g/mol. The van der Waals surface area contributed by atoms with Gasteiger partial charge in [0.1, 0.15) is 30.0 Å². The summed E-state index contributed by atoms with van der Waals surface area (Å²) in [6.45, 7) is 12.3. The number of hydroxylamine groups is 2. The van der Waals surface area contributed by atoms with Gasteiger partial charge in [0.25, 0.3) is 21.9 Å². The Morgan fingerprint density at radius 3 is 2.39 bits per heavy atom. The molecule has 3 saturated heterocycles. The molecule has 5 rings (SSSR count). The molecule has 4 aliphatic rings. The molecule has 0 aliphatic carbocycles. The molecule has 4 bridgehead atoms. The predicted molar refractivity (Wildman–Crippen MR) is 260 cm³/mol. The van der Waals surface area contributed by atoms with E-state index < -0.39 is 116 Å². The van der Waals surface area contributed by atoms with Crippen molar-refractivity contribution in [2.45, 2.75) is 152 Å². The first-order valence-electron chi connectivity index (χ1n) is 22.6. The summed E-state index contributed by atoms with van der Waals surface area (Å²) >= 11 is 6.81. The second-order valence-corrected chi connectivity index (χ2v) is 24.1. The molecule has 20 nitrogen and oxygen atoms in total. The van der Waals surface area contributed by atoms with Gasteiger partial charge in [0, 0.05) is 63.3 Å². The number of rotatable bonds is 15. The van der Waals surface area contributed by atoms with Crippen molar-refractivity contribution in [2.24, 2.45) is 5.92 Å². The summed E-state index contributed by atoms with van der Waals surface area (Å²) in [5, 5.41) is 12.8. The lowest BCUT2D eigenvalue weighted by molar-refractivity contribution is -0.197. The Bertz CT molecular complexity index is 2390. The van der Waals surface area contributed by atoms with Crippen molar-refractivity contribution in [3.05, 3.63) is 52.1 Å². The van der Waals surface area contributed by atoms with Gasteiger partial charge in [-0.05, 0) is 78.0 Å². The minimum absolute atomic E-state index is 0.0153. The van der Waals surface area contributed by atoms with E-state index in [-0.39, 0.29) is 49.3 Å². The summed E-state index contributed by atoms with van der Waals surface area (Å²) in [4.78, 5) is 98.6. The number of halogens is 1. The van der Waals surface area contributed by atoms with Crippen LogP contribution in [0.3, 0.4) is 0 Å². The molecule has 4 heterocycles. The van der Waals surface area contributed by atoms with Gasteiger partial charge in [-0.2, -0.15) is 8.42 Å². The van der Waals surface area contributed by atoms with Crippen molar-refractivity contribution in [3.63, 3.8) is 0 Å². The molecule has 70 heavy (non-hydrogen) atoms. The third-order valence-electron chi connectivity index (χ3n) is 13.0. The number of anilines is 1. The number of methoxy groups -OCH3 is 1. The number of carbonyl (C=O) groups is 7. The maximum atomic E-state index is 14.3.